The second-order valence-electron chi connectivity index (χ2n) is 4.87. The predicted molar refractivity (Wildman–Crippen MR) is 72.6 cm³/mol. The number of fused-ring (bicyclic) bond motifs is 1. The SMILES string of the molecule is COC(=O)c1cn(N2CCCCC2)cc2c(=O)[nH]nc1-2. The summed E-state index contributed by atoms with van der Waals surface area (Å²) in [4.78, 5) is 23.6. The van der Waals surface area contributed by atoms with Crippen LogP contribution in [0.4, 0.5) is 0 Å². The zero-order valence-corrected chi connectivity index (χ0v) is 11.3. The van der Waals surface area contributed by atoms with Gasteiger partial charge in [0.2, 0.25) is 0 Å². The number of esters is 1. The van der Waals surface area contributed by atoms with Crippen molar-refractivity contribution in [3.05, 3.63) is 28.3 Å². The number of H-pyrrole nitrogens is 1. The number of methoxy groups -OCH3 is 1. The zero-order valence-electron chi connectivity index (χ0n) is 11.3. The van der Waals surface area contributed by atoms with Gasteiger partial charge in [0.05, 0.1) is 12.7 Å². The highest BCUT2D eigenvalue weighted by Crippen LogP contribution is 2.21. The van der Waals surface area contributed by atoms with Crippen LogP contribution in [-0.2, 0) is 4.74 Å². The summed E-state index contributed by atoms with van der Waals surface area (Å²) >= 11 is 0. The highest BCUT2D eigenvalue weighted by molar-refractivity contribution is 5.95. The van der Waals surface area contributed by atoms with Crippen LogP contribution in [-0.4, -0.2) is 41.0 Å². The fraction of sp³-hybridized carbons (Fsp3) is 0.462. The van der Waals surface area contributed by atoms with Crippen LogP contribution in [0.2, 0.25) is 0 Å². The van der Waals surface area contributed by atoms with Crippen molar-refractivity contribution in [3.63, 3.8) is 0 Å². The molecule has 0 aromatic rings. The van der Waals surface area contributed by atoms with E-state index in [4.69, 9.17) is 4.74 Å². The summed E-state index contributed by atoms with van der Waals surface area (Å²) in [6.07, 6.45) is 6.82. The van der Waals surface area contributed by atoms with Gasteiger partial charge in [-0.3, -0.25) is 9.47 Å². The fourth-order valence-corrected chi connectivity index (χ4v) is 2.55. The fourth-order valence-electron chi connectivity index (χ4n) is 2.55. The average Bonchev–Trinajstić information content (AvgIpc) is 2.88. The number of hydrogen-bond acceptors (Lipinski definition) is 5. The molecule has 3 rings (SSSR count). The van der Waals surface area contributed by atoms with Crippen LogP contribution < -0.4 is 10.6 Å². The number of ether oxygens (including phenoxy) is 1. The maximum atomic E-state index is 11.9. The van der Waals surface area contributed by atoms with Crippen LogP contribution >= 0.6 is 0 Å². The molecule has 0 amide bonds. The Hall–Kier alpha value is -2.31. The molecule has 3 heterocycles. The second-order valence-corrected chi connectivity index (χ2v) is 4.87. The van der Waals surface area contributed by atoms with Crippen molar-refractivity contribution in [2.24, 2.45) is 0 Å². The lowest BCUT2D eigenvalue weighted by Crippen LogP contribution is -2.39. The van der Waals surface area contributed by atoms with Crippen LogP contribution in [0.1, 0.15) is 29.6 Å². The lowest BCUT2D eigenvalue weighted by Gasteiger charge is -2.31. The summed E-state index contributed by atoms with van der Waals surface area (Å²) in [6.45, 7) is 1.81. The summed E-state index contributed by atoms with van der Waals surface area (Å²) in [5.74, 6) is -0.493. The van der Waals surface area contributed by atoms with E-state index in [0.717, 1.165) is 25.9 Å². The van der Waals surface area contributed by atoms with E-state index in [0.29, 0.717) is 16.8 Å². The van der Waals surface area contributed by atoms with Gasteiger partial charge in [0.25, 0.3) is 5.56 Å². The van der Waals surface area contributed by atoms with Gasteiger partial charge in [0.15, 0.2) is 0 Å². The largest absolute Gasteiger partial charge is 0.465 e. The summed E-state index contributed by atoms with van der Waals surface area (Å²) < 4.78 is 6.58. The number of nitrogens with zero attached hydrogens (tertiary/aromatic N) is 3. The third-order valence-electron chi connectivity index (χ3n) is 3.61. The van der Waals surface area contributed by atoms with Gasteiger partial charge in [0, 0.05) is 25.5 Å². The molecule has 0 spiro atoms. The van der Waals surface area contributed by atoms with Crippen molar-refractivity contribution >= 4 is 5.97 Å². The van der Waals surface area contributed by atoms with E-state index in [9.17, 15) is 9.59 Å². The van der Waals surface area contributed by atoms with Crippen LogP contribution in [0, 0.1) is 0 Å². The molecule has 7 nitrogen and oxygen atoms in total. The first-order valence-electron chi connectivity index (χ1n) is 6.64. The molecule has 7 heteroatoms. The van der Waals surface area contributed by atoms with E-state index in [1.807, 2.05) is 4.68 Å². The van der Waals surface area contributed by atoms with Crippen molar-refractivity contribution in [1.29, 1.82) is 0 Å². The minimum absolute atomic E-state index is 0.295. The van der Waals surface area contributed by atoms with Gasteiger partial charge in [-0.2, -0.15) is 5.10 Å². The average molecular weight is 276 g/mol. The molecule has 1 saturated heterocycles. The number of aromatic nitrogens is 3. The van der Waals surface area contributed by atoms with E-state index in [1.165, 1.54) is 13.5 Å². The molecule has 0 aromatic heterocycles. The van der Waals surface area contributed by atoms with Gasteiger partial charge >= 0.3 is 5.97 Å². The van der Waals surface area contributed by atoms with Gasteiger partial charge < -0.3 is 9.75 Å². The van der Waals surface area contributed by atoms with Crippen molar-refractivity contribution in [3.8, 4) is 11.3 Å². The van der Waals surface area contributed by atoms with Crippen LogP contribution in [0.15, 0.2) is 17.2 Å². The molecule has 3 aliphatic rings. The van der Waals surface area contributed by atoms with Crippen molar-refractivity contribution in [1.82, 2.24) is 14.9 Å². The number of nitrogens with one attached hydrogen (secondary N) is 1. The molecular weight excluding hydrogens is 260 g/mol. The normalized spacial score (nSPS) is 15.6. The van der Waals surface area contributed by atoms with Gasteiger partial charge in [-0.25, -0.2) is 9.89 Å². The molecule has 1 N–H and O–H groups in total. The van der Waals surface area contributed by atoms with E-state index >= 15 is 0 Å². The zero-order chi connectivity index (χ0) is 14.1. The topological polar surface area (TPSA) is 80.2 Å². The van der Waals surface area contributed by atoms with Gasteiger partial charge in [-0.1, -0.05) is 0 Å². The monoisotopic (exact) mass is 276 g/mol. The predicted octanol–water partition coefficient (Wildman–Crippen LogP) is 0.585. The highest BCUT2D eigenvalue weighted by Gasteiger charge is 2.23. The molecule has 0 aromatic carbocycles. The van der Waals surface area contributed by atoms with Crippen molar-refractivity contribution in [2.75, 3.05) is 25.2 Å². The summed E-state index contributed by atoms with van der Waals surface area (Å²) in [5, 5.41) is 8.40. The van der Waals surface area contributed by atoms with E-state index in [1.54, 1.807) is 12.4 Å². The number of pyridine rings is 1. The smallest absolute Gasteiger partial charge is 0.341 e. The molecule has 0 radical (unpaired) electrons. The van der Waals surface area contributed by atoms with Crippen LogP contribution in [0.3, 0.4) is 0 Å². The van der Waals surface area contributed by atoms with Crippen LogP contribution in [0.5, 0.6) is 0 Å². The number of carbonyl (C=O) groups excluding carboxylic acids is 1. The number of carbonyl (C=O) groups is 1. The first-order chi connectivity index (χ1) is 9.70. The summed E-state index contributed by atoms with van der Waals surface area (Å²) in [7, 11) is 1.32. The Morgan fingerprint density at radius 2 is 2.05 bits per heavy atom. The first-order valence-corrected chi connectivity index (χ1v) is 6.64. The molecule has 0 saturated carbocycles. The maximum absolute atomic E-state index is 11.9. The van der Waals surface area contributed by atoms with E-state index in [-0.39, 0.29) is 5.56 Å². The Balaban J connectivity index is 2.12. The molecular formula is C13H16N4O3. The third-order valence-corrected chi connectivity index (χ3v) is 3.61. The van der Waals surface area contributed by atoms with Crippen molar-refractivity contribution in [2.45, 2.75) is 19.3 Å². The minimum Gasteiger partial charge on any atom is -0.465 e. The molecule has 3 aliphatic heterocycles. The number of hydrogen-bond donors (Lipinski definition) is 1. The van der Waals surface area contributed by atoms with Gasteiger partial charge in [-0.15, -0.1) is 0 Å². The minimum atomic E-state index is -0.493. The molecule has 0 unspecified atom stereocenters. The summed E-state index contributed by atoms with van der Waals surface area (Å²) in [6, 6.07) is 0. The molecule has 106 valence electrons. The first kappa shape index (κ1) is 12.7. The lowest BCUT2D eigenvalue weighted by atomic mass is 10.1. The molecule has 1 fully saturated rings. The molecule has 20 heavy (non-hydrogen) atoms. The van der Waals surface area contributed by atoms with Crippen LogP contribution in [0.25, 0.3) is 11.3 Å². The Bertz CT molecular complexity index is 654. The highest BCUT2D eigenvalue weighted by atomic mass is 16.5. The number of rotatable bonds is 2. The maximum Gasteiger partial charge on any atom is 0.341 e. The Kier molecular flexibility index (Phi) is 3.17. The van der Waals surface area contributed by atoms with E-state index < -0.39 is 5.97 Å². The third kappa shape index (κ3) is 2.04. The molecule has 0 aliphatic carbocycles. The molecule has 0 bridgehead atoms. The standard InChI is InChI=1S/C13H16N4O3/c1-20-13(19)10-8-17(16-5-3-2-4-6-16)7-9-11(10)14-15-12(9)18/h7-8H,2-6H2,1H3,(H,15,18). The Morgan fingerprint density at radius 3 is 2.75 bits per heavy atom. The van der Waals surface area contributed by atoms with Gasteiger partial charge in [0.1, 0.15) is 11.3 Å². The van der Waals surface area contributed by atoms with Gasteiger partial charge in [-0.05, 0) is 19.3 Å². The van der Waals surface area contributed by atoms with Crippen molar-refractivity contribution < 1.29 is 9.53 Å². The quantitative estimate of drug-likeness (QED) is 0.812. The second kappa shape index (κ2) is 4.99. The lowest BCUT2D eigenvalue weighted by molar-refractivity contribution is 0.0600. The number of piperidine rings is 1. The Morgan fingerprint density at radius 1 is 1.30 bits per heavy atom. The van der Waals surface area contributed by atoms with E-state index in [2.05, 4.69) is 15.2 Å². The number of aromatic amines is 1. The summed E-state index contributed by atoms with van der Waals surface area (Å²) in [5.41, 5.74) is 0.763. The molecule has 0 atom stereocenters. The Labute approximate surface area is 115 Å².